The Morgan fingerprint density at radius 3 is 2.41 bits per heavy atom. The molecule has 13 heteroatoms. The molecule has 4 atom stereocenters. The number of benzene rings is 1. The molecule has 1 heterocycles. The summed E-state index contributed by atoms with van der Waals surface area (Å²) in [7, 11) is 1.30. The Morgan fingerprint density at radius 2 is 1.73 bits per heavy atom. The van der Waals surface area contributed by atoms with Crippen molar-refractivity contribution in [3.63, 3.8) is 0 Å². The fourth-order valence-electron chi connectivity index (χ4n) is 6.82. The van der Waals surface area contributed by atoms with Crippen LogP contribution >= 0.6 is 0 Å². The second-order valence-electron chi connectivity index (χ2n) is 11.6. The number of rotatable bonds is 9. The molecule has 2 amide bonds. The van der Waals surface area contributed by atoms with Crippen LogP contribution in [0.15, 0.2) is 30.5 Å². The molecule has 3 saturated carbocycles. The van der Waals surface area contributed by atoms with Crippen molar-refractivity contribution in [2.24, 2.45) is 23.7 Å². The normalized spacial score (nSPS) is 26.1. The quantitative estimate of drug-likeness (QED) is 0.279. The Bertz CT molecular complexity index is 1390. The minimum Gasteiger partial charge on any atom is -0.496 e. The van der Waals surface area contributed by atoms with E-state index < -0.39 is 41.3 Å². The summed E-state index contributed by atoms with van der Waals surface area (Å²) < 4.78 is 70.8. The van der Waals surface area contributed by atoms with Gasteiger partial charge in [-0.2, -0.15) is 13.2 Å². The molecular formula is C31H35F4N3O6. The van der Waals surface area contributed by atoms with E-state index in [-0.39, 0.29) is 52.7 Å². The van der Waals surface area contributed by atoms with Crippen LogP contribution < -0.4 is 20.1 Å². The number of carbonyl (C=O) groups is 3. The molecule has 3 aliphatic rings. The number of nitrogens with one attached hydrogen (secondary N) is 2. The summed E-state index contributed by atoms with van der Waals surface area (Å²) in [4.78, 5) is 42.8. The van der Waals surface area contributed by atoms with Crippen LogP contribution in [-0.2, 0) is 20.5 Å². The fraction of sp³-hybridized carbons (Fsp3) is 0.548. The van der Waals surface area contributed by atoms with E-state index in [1.165, 1.54) is 13.2 Å². The van der Waals surface area contributed by atoms with Crippen molar-refractivity contribution in [1.29, 1.82) is 0 Å². The van der Waals surface area contributed by atoms with Crippen LogP contribution in [0.5, 0.6) is 11.5 Å². The van der Waals surface area contributed by atoms with Crippen LogP contribution in [0.4, 0.5) is 23.4 Å². The third kappa shape index (κ3) is 6.76. The van der Waals surface area contributed by atoms with Crippen molar-refractivity contribution in [1.82, 2.24) is 10.3 Å². The predicted molar refractivity (Wildman–Crippen MR) is 149 cm³/mol. The molecule has 0 aliphatic heterocycles. The van der Waals surface area contributed by atoms with E-state index in [9.17, 15) is 27.6 Å². The van der Waals surface area contributed by atoms with Gasteiger partial charge in [-0.05, 0) is 81.9 Å². The summed E-state index contributed by atoms with van der Waals surface area (Å²) in [6.07, 6.45) is 0.348. The van der Waals surface area contributed by atoms with Crippen molar-refractivity contribution >= 4 is 23.6 Å². The molecular weight excluding hydrogens is 586 g/mol. The number of aromatic nitrogens is 1. The standard InChI is InChI=1S/C31H35F4N3O6/c1-3-43-30(41)16-6-8-20(9-7-16)44-24-14-21(23(42-2)15-22(24)32)28(39)38-27-18-5-4-17(12-18)26(27)29(40)37-25-13-19(10-11-36-25)31(33,34)35/h10-11,13-18,20,26-27H,3-9,12H2,1-2H3,(H,38,39)(H,36,37,40). The van der Waals surface area contributed by atoms with Gasteiger partial charge in [0.2, 0.25) is 5.91 Å². The van der Waals surface area contributed by atoms with Gasteiger partial charge in [-0.3, -0.25) is 14.4 Å². The molecule has 44 heavy (non-hydrogen) atoms. The smallest absolute Gasteiger partial charge is 0.416 e. The first kappa shape index (κ1) is 31.5. The molecule has 238 valence electrons. The molecule has 5 rings (SSSR count). The fourth-order valence-corrected chi connectivity index (χ4v) is 6.82. The number of nitrogens with zero attached hydrogens (tertiary/aromatic N) is 1. The number of esters is 1. The maximum Gasteiger partial charge on any atom is 0.416 e. The summed E-state index contributed by atoms with van der Waals surface area (Å²) in [5.74, 6) is -3.44. The Balaban J connectivity index is 1.29. The van der Waals surface area contributed by atoms with Gasteiger partial charge in [-0.1, -0.05) is 0 Å². The molecule has 3 fully saturated rings. The van der Waals surface area contributed by atoms with E-state index in [1.54, 1.807) is 6.92 Å². The molecule has 1 aromatic carbocycles. The number of hydrogen-bond donors (Lipinski definition) is 2. The summed E-state index contributed by atoms with van der Waals surface area (Å²) in [6.45, 7) is 2.05. The number of hydrogen-bond acceptors (Lipinski definition) is 7. The molecule has 9 nitrogen and oxygen atoms in total. The van der Waals surface area contributed by atoms with E-state index in [2.05, 4.69) is 15.6 Å². The Labute approximate surface area is 252 Å². The van der Waals surface area contributed by atoms with Gasteiger partial charge in [-0.15, -0.1) is 0 Å². The second-order valence-corrected chi connectivity index (χ2v) is 11.6. The summed E-state index contributed by atoms with van der Waals surface area (Å²) in [5, 5.41) is 5.43. The number of alkyl halides is 3. The molecule has 2 aromatic rings. The van der Waals surface area contributed by atoms with Crippen LogP contribution in [0, 0.1) is 29.5 Å². The van der Waals surface area contributed by atoms with Crippen molar-refractivity contribution in [2.75, 3.05) is 19.0 Å². The van der Waals surface area contributed by atoms with E-state index >= 15 is 4.39 Å². The molecule has 0 saturated heterocycles. The van der Waals surface area contributed by atoms with Gasteiger partial charge in [0.05, 0.1) is 42.8 Å². The number of carbonyl (C=O) groups excluding carboxylic acids is 3. The molecule has 0 radical (unpaired) electrons. The second kappa shape index (κ2) is 13.0. The molecule has 2 N–H and O–H groups in total. The zero-order valence-corrected chi connectivity index (χ0v) is 24.4. The van der Waals surface area contributed by atoms with Crippen molar-refractivity contribution in [3.8, 4) is 11.5 Å². The molecule has 0 spiro atoms. The third-order valence-corrected chi connectivity index (χ3v) is 8.94. The van der Waals surface area contributed by atoms with Gasteiger partial charge < -0.3 is 24.8 Å². The number of halogens is 4. The first-order valence-electron chi connectivity index (χ1n) is 14.8. The number of pyridine rings is 1. The Morgan fingerprint density at radius 1 is 1.00 bits per heavy atom. The highest BCUT2D eigenvalue weighted by molar-refractivity contribution is 5.99. The van der Waals surface area contributed by atoms with Gasteiger partial charge in [0.1, 0.15) is 11.6 Å². The molecule has 4 unspecified atom stereocenters. The van der Waals surface area contributed by atoms with Crippen LogP contribution in [0.3, 0.4) is 0 Å². The number of anilines is 1. The summed E-state index contributed by atoms with van der Waals surface area (Å²) >= 11 is 0. The van der Waals surface area contributed by atoms with Crippen molar-refractivity contribution in [2.45, 2.75) is 70.2 Å². The van der Waals surface area contributed by atoms with Gasteiger partial charge >= 0.3 is 12.1 Å². The van der Waals surface area contributed by atoms with Crippen LogP contribution in [-0.4, -0.2) is 48.6 Å². The van der Waals surface area contributed by atoms with E-state index in [0.717, 1.165) is 37.2 Å². The zero-order valence-electron chi connectivity index (χ0n) is 24.4. The average Bonchev–Trinajstić information content (AvgIpc) is 3.60. The summed E-state index contributed by atoms with van der Waals surface area (Å²) in [6, 6.07) is 3.34. The topological polar surface area (TPSA) is 116 Å². The highest BCUT2D eigenvalue weighted by Gasteiger charge is 2.51. The van der Waals surface area contributed by atoms with Gasteiger partial charge in [0.25, 0.3) is 5.91 Å². The average molecular weight is 622 g/mol. The summed E-state index contributed by atoms with van der Waals surface area (Å²) in [5.41, 5.74) is -0.917. The minimum absolute atomic E-state index is 0.00841. The van der Waals surface area contributed by atoms with Crippen LogP contribution in [0.25, 0.3) is 0 Å². The van der Waals surface area contributed by atoms with Gasteiger partial charge in [0.15, 0.2) is 11.6 Å². The zero-order chi connectivity index (χ0) is 31.6. The van der Waals surface area contributed by atoms with Gasteiger partial charge in [0, 0.05) is 18.3 Å². The molecule has 1 aromatic heterocycles. The first-order chi connectivity index (χ1) is 21.0. The first-order valence-corrected chi connectivity index (χ1v) is 14.8. The molecule has 3 aliphatic carbocycles. The highest BCUT2D eigenvalue weighted by Crippen LogP contribution is 2.49. The van der Waals surface area contributed by atoms with E-state index in [0.29, 0.717) is 38.7 Å². The number of ether oxygens (including phenoxy) is 3. The maximum atomic E-state index is 15.0. The van der Waals surface area contributed by atoms with E-state index in [4.69, 9.17) is 14.2 Å². The largest absolute Gasteiger partial charge is 0.496 e. The molecule has 2 bridgehead atoms. The van der Waals surface area contributed by atoms with Crippen molar-refractivity contribution in [3.05, 3.63) is 47.4 Å². The SMILES string of the molecule is CCOC(=O)C1CCC(Oc2cc(C(=O)NC3C4CCC(C4)C3C(=O)Nc3cc(C(F)(F)F)ccn3)c(OC)cc2F)CC1. The predicted octanol–water partition coefficient (Wildman–Crippen LogP) is 5.53. The lowest BCUT2D eigenvalue weighted by molar-refractivity contribution is -0.149. The maximum absolute atomic E-state index is 15.0. The lowest BCUT2D eigenvalue weighted by Crippen LogP contribution is -2.48. The van der Waals surface area contributed by atoms with E-state index in [1.807, 2.05) is 0 Å². The Hall–Kier alpha value is -3.90. The third-order valence-electron chi connectivity index (χ3n) is 8.94. The monoisotopic (exact) mass is 621 g/mol. The lowest BCUT2D eigenvalue weighted by atomic mass is 9.83. The Kier molecular flexibility index (Phi) is 9.31. The highest BCUT2D eigenvalue weighted by atomic mass is 19.4. The van der Waals surface area contributed by atoms with Crippen LogP contribution in [0.2, 0.25) is 0 Å². The van der Waals surface area contributed by atoms with Gasteiger partial charge in [-0.25, -0.2) is 9.37 Å². The number of amides is 2. The number of methoxy groups -OCH3 is 1. The lowest BCUT2D eigenvalue weighted by Gasteiger charge is -2.31. The van der Waals surface area contributed by atoms with Crippen LogP contribution in [0.1, 0.15) is 67.8 Å². The van der Waals surface area contributed by atoms with Crippen molar-refractivity contribution < 1.29 is 46.2 Å². The number of fused-ring (bicyclic) bond motifs is 2. The minimum atomic E-state index is -4.59.